The molecule has 7 nitrogen and oxygen atoms in total. The van der Waals surface area contributed by atoms with Gasteiger partial charge >= 0.3 is 0 Å². The Morgan fingerprint density at radius 3 is 2.73 bits per heavy atom. The number of anilines is 1. The second-order valence-corrected chi connectivity index (χ2v) is 10.7. The predicted octanol–water partition coefficient (Wildman–Crippen LogP) is 7.40. The zero-order valence-electron chi connectivity index (χ0n) is 21.6. The number of piperidine rings is 1. The highest BCUT2D eigenvalue weighted by Crippen LogP contribution is 2.43. The van der Waals surface area contributed by atoms with Crippen molar-refractivity contribution in [1.82, 2.24) is 20.1 Å². The quantitative estimate of drug-likeness (QED) is 0.186. The van der Waals surface area contributed by atoms with Gasteiger partial charge in [0.15, 0.2) is 11.4 Å². The van der Waals surface area contributed by atoms with Crippen molar-refractivity contribution in [1.29, 1.82) is 0 Å². The number of benzene rings is 2. The Hall–Kier alpha value is -3.59. The van der Waals surface area contributed by atoms with E-state index in [9.17, 15) is 4.39 Å². The van der Waals surface area contributed by atoms with Gasteiger partial charge in [-0.15, -0.1) is 0 Å². The number of ether oxygens (including phenoxy) is 1. The smallest absolute Gasteiger partial charge is 0.205 e. The van der Waals surface area contributed by atoms with Crippen molar-refractivity contribution >= 4 is 40.0 Å². The van der Waals surface area contributed by atoms with Crippen LogP contribution in [0.1, 0.15) is 42.5 Å². The van der Waals surface area contributed by atoms with E-state index in [4.69, 9.17) is 38.1 Å². The lowest BCUT2D eigenvalue weighted by atomic mass is 10.0. The molecule has 1 unspecified atom stereocenters. The molecule has 1 aliphatic heterocycles. The molecule has 206 valence electrons. The van der Waals surface area contributed by atoms with Gasteiger partial charge in [0.2, 0.25) is 5.75 Å². The Kier molecular flexibility index (Phi) is 7.65. The number of nitrogens with two attached hydrogens (primary N) is 1. The number of hydrogen-bond acceptors (Lipinski definition) is 6. The second kappa shape index (κ2) is 11.5. The largest absolute Gasteiger partial charge is 0.478 e. The number of nitrogens with one attached hydrogen (secondary N) is 1. The van der Waals surface area contributed by atoms with E-state index in [2.05, 4.69) is 15.4 Å². The first-order valence-electron chi connectivity index (χ1n) is 13.2. The van der Waals surface area contributed by atoms with E-state index in [1.165, 1.54) is 12.1 Å². The molecule has 0 radical (unpaired) electrons. The molecule has 3 aromatic heterocycles. The minimum absolute atomic E-state index is 0.0882. The number of halogens is 3. The molecule has 0 spiro atoms. The molecule has 0 saturated carbocycles. The van der Waals surface area contributed by atoms with E-state index in [0.717, 1.165) is 48.0 Å². The van der Waals surface area contributed by atoms with Crippen LogP contribution in [0.5, 0.6) is 5.75 Å². The van der Waals surface area contributed by atoms with Crippen LogP contribution in [-0.2, 0) is 6.42 Å². The summed E-state index contributed by atoms with van der Waals surface area (Å²) in [6.45, 7) is 1.95. The Morgan fingerprint density at radius 1 is 1.12 bits per heavy atom. The van der Waals surface area contributed by atoms with Gasteiger partial charge in [0.05, 0.1) is 22.6 Å². The van der Waals surface area contributed by atoms with Crippen LogP contribution < -0.4 is 15.8 Å². The van der Waals surface area contributed by atoms with Crippen molar-refractivity contribution in [3.05, 3.63) is 94.3 Å². The van der Waals surface area contributed by atoms with Crippen LogP contribution in [0.2, 0.25) is 10.0 Å². The predicted molar refractivity (Wildman–Crippen MR) is 155 cm³/mol. The zero-order chi connectivity index (χ0) is 27.6. The van der Waals surface area contributed by atoms with Gasteiger partial charge in [-0.3, -0.25) is 4.68 Å². The fourth-order valence-corrected chi connectivity index (χ4v) is 5.86. The molecule has 5 aromatic rings. The second-order valence-electron chi connectivity index (χ2n) is 9.94. The van der Waals surface area contributed by atoms with Crippen LogP contribution in [0, 0.1) is 5.82 Å². The van der Waals surface area contributed by atoms with Gasteiger partial charge in [0.25, 0.3) is 0 Å². The van der Waals surface area contributed by atoms with E-state index >= 15 is 0 Å². The molecule has 40 heavy (non-hydrogen) atoms. The highest BCUT2D eigenvalue weighted by Gasteiger charge is 2.26. The molecule has 4 heterocycles. The number of hydrogen-bond donors (Lipinski definition) is 2. The van der Waals surface area contributed by atoms with Gasteiger partial charge < -0.3 is 20.2 Å². The minimum atomic E-state index is -0.721. The maximum absolute atomic E-state index is 14.6. The third-order valence-electron chi connectivity index (χ3n) is 7.40. The first kappa shape index (κ1) is 26.6. The molecule has 1 atom stereocenters. The summed E-state index contributed by atoms with van der Waals surface area (Å²) < 4.78 is 29.1. The third-order valence-corrected chi connectivity index (χ3v) is 8.11. The normalized spacial score (nSPS) is 15.0. The Morgan fingerprint density at radius 2 is 1.93 bits per heavy atom. The van der Waals surface area contributed by atoms with Crippen LogP contribution in [-0.4, -0.2) is 27.9 Å². The number of aromatic nitrogens is 3. The van der Waals surface area contributed by atoms with Gasteiger partial charge in [-0.1, -0.05) is 53.5 Å². The van der Waals surface area contributed by atoms with E-state index < -0.39 is 11.9 Å². The molecule has 0 bridgehead atoms. The number of nitrogens with zero attached hydrogens (tertiary/aromatic N) is 3. The van der Waals surface area contributed by atoms with Gasteiger partial charge in [0, 0.05) is 34.1 Å². The van der Waals surface area contributed by atoms with Gasteiger partial charge in [-0.2, -0.15) is 5.10 Å². The molecule has 6 rings (SSSR count). The molecule has 10 heteroatoms. The third kappa shape index (κ3) is 5.27. The van der Waals surface area contributed by atoms with E-state index in [-0.39, 0.29) is 16.6 Å². The van der Waals surface area contributed by atoms with Crippen LogP contribution in [0.25, 0.3) is 22.1 Å². The molecule has 1 saturated heterocycles. The molecular formula is C30H28Cl2FN5O2. The number of furan rings is 1. The van der Waals surface area contributed by atoms with Crippen molar-refractivity contribution in [3.63, 3.8) is 0 Å². The molecule has 3 N–H and O–H groups in total. The van der Waals surface area contributed by atoms with Gasteiger partial charge in [-0.25, -0.2) is 9.37 Å². The van der Waals surface area contributed by atoms with E-state index in [1.54, 1.807) is 12.5 Å². The first-order valence-corrected chi connectivity index (χ1v) is 14.0. The average molecular weight is 580 g/mol. The lowest BCUT2D eigenvalue weighted by molar-refractivity contribution is 0.196. The Bertz CT molecular complexity index is 1630. The van der Waals surface area contributed by atoms with Crippen molar-refractivity contribution in [2.75, 3.05) is 18.8 Å². The maximum atomic E-state index is 14.6. The number of pyridine rings is 1. The fourth-order valence-electron chi connectivity index (χ4n) is 5.25. The zero-order valence-corrected chi connectivity index (χ0v) is 23.1. The summed E-state index contributed by atoms with van der Waals surface area (Å²) in [6, 6.07) is 13.0. The topological polar surface area (TPSA) is 91.1 Å². The SMILES string of the molecule is Nc1ncc2c(-c3cnn(C4CCNCC4)c3)coc2c1OC(CCc1ccccc1)c1c(Cl)ccc(F)c1Cl. The highest BCUT2D eigenvalue weighted by atomic mass is 35.5. The molecule has 0 aliphatic carbocycles. The van der Waals surface area contributed by atoms with Gasteiger partial charge in [0.1, 0.15) is 18.2 Å². The first-order chi connectivity index (χ1) is 19.5. The highest BCUT2D eigenvalue weighted by molar-refractivity contribution is 6.36. The van der Waals surface area contributed by atoms with Crippen molar-refractivity contribution in [2.45, 2.75) is 37.8 Å². The summed E-state index contributed by atoms with van der Waals surface area (Å²) in [7, 11) is 0. The summed E-state index contributed by atoms with van der Waals surface area (Å²) in [6.07, 6.45) is 9.61. The lowest BCUT2D eigenvalue weighted by Crippen LogP contribution is -2.29. The van der Waals surface area contributed by atoms with Crippen LogP contribution >= 0.6 is 23.2 Å². The summed E-state index contributed by atoms with van der Waals surface area (Å²) in [4.78, 5) is 4.41. The summed E-state index contributed by atoms with van der Waals surface area (Å²) in [5, 5.41) is 8.94. The van der Waals surface area contributed by atoms with Crippen LogP contribution in [0.15, 0.2) is 71.7 Å². The minimum Gasteiger partial charge on any atom is -0.478 e. The molecular weight excluding hydrogens is 552 g/mol. The van der Waals surface area contributed by atoms with Crippen molar-refractivity contribution in [3.8, 4) is 16.9 Å². The maximum Gasteiger partial charge on any atom is 0.205 e. The summed E-state index contributed by atoms with van der Waals surface area (Å²) in [5.41, 5.74) is 9.94. The molecule has 1 fully saturated rings. The van der Waals surface area contributed by atoms with Gasteiger partial charge in [-0.05, 0) is 56.5 Å². The molecule has 1 aliphatic rings. The number of fused-ring (bicyclic) bond motifs is 1. The van der Waals surface area contributed by atoms with Crippen LogP contribution in [0.4, 0.5) is 10.2 Å². The Labute approximate surface area is 241 Å². The number of aryl methyl sites for hydroxylation is 1. The fraction of sp³-hybridized carbons (Fsp3) is 0.267. The van der Waals surface area contributed by atoms with Crippen LogP contribution in [0.3, 0.4) is 0 Å². The van der Waals surface area contributed by atoms with E-state index in [0.29, 0.717) is 35.1 Å². The Balaban J connectivity index is 1.36. The number of rotatable bonds is 8. The lowest BCUT2D eigenvalue weighted by Gasteiger charge is -2.23. The summed E-state index contributed by atoms with van der Waals surface area (Å²) in [5.74, 6) is -0.180. The summed E-state index contributed by atoms with van der Waals surface area (Å²) >= 11 is 13.0. The number of nitrogen functional groups attached to an aromatic ring is 1. The monoisotopic (exact) mass is 579 g/mol. The molecule has 2 aromatic carbocycles. The standard InChI is InChI=1S/C30H28Cl2FN5O2/c31-23-7-8-24(33)27(32)26(23)25(9-6-18-4-2-1-3-5-18)40-29-28-21(15-36-30(29)34)22(17-39-28)19-14-37-38(16-19)20-10-12-35-13-11-20/h1-5,7-8,14-17,20,25,35H,6,9-13H2,(H2,34,36). The molecule has 0 amide bonds. The van der Waals surface area contributed by atoms with Crippen molar-refractivity contribution < 1.29 is 13.5 Å². The van der Waals surface area contributed by atoms with E-state index in [1.807, 2.05) is 47.4 Å². The average Bonchev–Trinajstić information content (AvgIpc) is 3.64. The van der Waals surface area contributed by atoms with Crippen molar-refractivity contribution in [2.24, 2.45) is 0 Å².